The molecule has 3 aromatic rings. The van der Waals surface area contributed by atoms with Crippen LogP contribution in [-0.4, -0.2) is 56.8 Å². The molecular weight excluding hydrogens is 377 g/mol. The molecule has 1 amide bonds. The summed E-state index contributed by atoms with van der Waals surface area (Å²) in [5.74, 6) is 0.590. The first-order valence-corrected chi connectivity index (χ1v) is 9.31. The average Bonchev–Trinajstić information content (AvgIpc) is 3.29. The lowest BCUT2D eigenvalue weighted by atomic mass is 10.1. The summed E-state index contributed by atoms with van der Waals surface area (Å²) in [5, 5.41) is 8.26. The van der Waals surface area contributed by atoms with Crippen LogP contribution in [-0.2, 0) is 0 Å². The van der Waals surface area contributed by atoms with Gasteiger partial charge >= 0.3 is 0 Å². The summed E-state index contributed by atoms with van der Waals surface area (Å²) in [6, 6.07) is 10.3. The number of ether oxygens (including phenoxy) is 2. The van der Waals surface area contributed by atoms with Crippen molar-refractivity contribution >= 4 is 5.91 Å². The van der Waals surface area contributed by atoms with Crippen LogP contribution in [0.15, 0.2) is 55.0 Å². The normalized spacial score (nSPS) is 16.4. The number of likely N-dealkylation sites (tertiary alicyclic amines) is 1. The fourth-order valence-electron chi connectivity index (χ4n) is 3.34. The molecule has 0 unspecified atom stereocenters. The van der Waals surface area contributed by atoms with E-state index in [0.29, 0.717) is 36.0 Å². The first-order valence-electron chi connectivity index (χ1n) is 9.31. The molecule has 1 atom stereocenters. The Morgan fingerprint density at radius 2 is 2.00 bits per heavy atom. The van der Waals surface area contributed by atoms with E-state index in [9.17, 15) is 9.18 Å². The molecule has 0 N–H and O–H groups in total. The average molecular weight is 397 g/mol. The Morgan fingerprint density at radius 1 is 1.17 bits per heavy atom. The van der Waals surface area contributed by atoms with E-state index < -0.39 is 6.86 Å². The van der Waals surface area contributed by atoms with Gasteiger partial charge in [-0.3, -0.25) is 4.79 Å². The smallest absolute Gasteiger partial charge is 0.256 e. The van der Waals surface area contributed by atoms with E-state index in [0.717, 1.165) is 12.8 Å². The van der Waals surface area contributed by atoms with Crippen molar-refractivity contribution in [3.05, 3.63) is 60.6 Å². The van der Waals surface area contributed by atoms with Crippen molar-refractivity contribution in [3.8, 4) is 17.3 Å². The summed E-state index contributed by atoms with van der Waals surface area (Å²) < 4.78 is 23.1. The van der Waals surface area contributed by atoms with Crippen LogP contribution >= 0.6 is 0 Å². The highest BCUT2D eigenvalue weighted by Gasteiger charge is 2.27. The van der Waals surface area contributed by atoms with Crippen LogP contribution in [0.3, 0.4) is 0 Å². The van der Waals surface area contributed by atoms with Gasteiger partial charge in [-0.1, -0.05) is 12.1 Å². The first kappa shape index (κ1) is 18.9. The highest BCUT2D eigenvalue weighted by Crippen LogP contribution is 2.23. The third-order valence-corrected chi connectivity index (χ3v) is 4.65. The predicted octanol–water partition coefficient (Wildman–Crippen LogP) is 2.65. The lowest BCUT2D eigenvalue weighted by molar-refractivity contribution is 0.0526. The Balaban J connectivity index is 1.48. The quantitative estimate of drug-likeness (QED) is 0.636. The molecule has 1 fully saturated rings. The van der Waals surface area contributed by atoms with Crippen molar-refractivity contribution in [1.82, 2.24) is 24.9 Å². The molecule has 0 spiro atoms. The molecule has 150 valence electrons. The van der Waals surface area contributed by atoms with Gasteiger partial charge < -0.3 is 14.4 Å². The summed E-state index contributed by atoms with van der Waals surface area (Å²) in [6.07, 6.45) is 6.02. The number of amides is 1. The Kier molecular flexibility index (Phi) is 5.64. The number of alkyl halides is 1. The molecule has 0 radical (unpaired) electrons. The molecule has 1 aromatic carbocycles. The van der Waals surface area contributed by atoms with Crippen LogP contribution < -0.4 is 9.47 Å². The molecule has 1 aliphatic rings. The molecule has 1 aliphatic heterocycles. The molecule has 1 saturated heterocycles. The van der Waals surface area contributed by atoms with Crippen molar-refractivity contribution < 1.29 is 18.7 Å². The molecule has 0 bridgehead atoms. The second-order valence-electron chi connectivity index (χ2n) is 6.55. The van der Waals surface area contributed by atoms with Crippen LogP contribution in [0.4, 0.5) is 4.39 Å². The van der Waals surface area contributed by atoms with Gasteiger partial charge in [0, 0.05) is 18.8 Å². The Hall–Kier alpha value is -3.49. The van der Waals surface area contributed by atoms with Gasteiger partial charge in [0.15, 0.2) is 0 Å². The first-order chi connectivity index (χ1) is 14.2. The zero-order valence-corrected chi connectivity index (χ0v) is 15.6. The number of piperidine rings is 1. The highest BCUT2D eigenvalue weighted by atomic mass is 19.1. The summed E-state index contributed by atoms with van der Waals surface area (Å²) in [7, 11) is 0. The van der Waals surface area contributed by atoms with E-state index in [1.165, 1.54) is 11.0 Å². The zero-order chi connectivity index (χ0) is 20.1. The van der Waals surface area contributed by atoms with E-state index >= 15 is 0 Å². The third-order valence-electron chi connectivity index (χ3n) is 4.65. The van der Waals surface area contributed by atoms with Crippen LogP contribution in [0.1, 0.15) is 23.2 Å². The van der Waals surface area contributed by atoms with Crippen LogP contribution in [0.5, 0.6) is 11.6 Å². The summed E-state index contributed by atoms with van der Waals surface area (Å²) >= 11 is 0. The maximum Gasteiger partial charge on any atom is 0.256 e. The van der Waals surface area contributed by atoms with Gasteiger partial charge in [-0.05, 0) is 31.0 Å². The van der Waals surface area contributed by atoms with E-state index in [1.807, 2.05) is 18.2 Å². The number of hydrogen-bond acceptors (Lipinski definition) is 6. The van der Waals surface area contributed by atoms with Crippen LogP contribution in [0.25, 0.3) is 5.69 Å². The Labute approximate surface area is 166 Å². The number of carbonyl (C=O) groups is 1. The molecule has 8 nitrogen and oxygen atoms in total. The van der Waals surface area contributed by atoms with Gasteiger partial charge in [0.1, 0.15) is 11.9 Å². The number of para-hydroxylation sites is 1. The number of nitrogens with zero attached hydrogens (tertiary/aromatic N) is 5. The lowest BCUT2D eigenvalue weighted by Crippen LogP contribution is -2.44. The minimum Gasteiger partial charge on any atom is -0.472 e. The molecule has 29 heavy (non-hydrogen) atoms. The van der Waals surface area contributed by atoms with E-state index in [-0.39, 0.29) is 12.0 Å². The van der Waals surface area contributed by atoms with Crippen molar-refractivity contribution in [3.63, 3.8) is 0 Å². The van der Waals surface area contributed by atoms with E-state index in [1.54, 1.807) is 35.5 Å². The van der Waals surface area contributed by atoms with Crippen molar-refractivity contribution in [2.75, 3.05) is 20.0 Å². The number of rotatable bonds is 6. The highest BCUT2D eigenvalue weighted by molar-refractivity contribution is 5.97. The number of aromatic nitrogens is 4. The van der Waals surface area contributed by atoms with Gasteiger partial charge in [0.2, 0.25) is 12.7 Å². The standard InChI is InChI=1S/C20H20FN5O3/c21-14-28-15-7-8-22-19(12-15)29-16-4-3-11-25(13-16)20(27)17-5-1-2-6-18(17)26-23-9-10-24-26/h1-2,5-10,12,16H,3-4,11,13-14H2/t16-/m1/s1. The SMILES string of the molecule is O=C(c1ccccc1-n1nccn1)N1CCC[C@@H](Oc2cc(OCF)ccn2)C1. The minimum absolute atomic E-state index is 0.103. The molecule has 3 heterocycles. The topological polar surface area (TPSA) is 82.4 Å². The summed E-state index contributed by atoms with van der Waals surface area (Å²) in [4.78, 5) is 20.5. The third kappa shape index (κ3) is 4.34. The number of benzene rings is 1. The van der Waals surface area contributed by atoms with E-state index in [2.05, 4.69) is 15.2 Å². The summed E-state index contributed by atoms with van der Waals surface area (Å²) in [6.45, 7) is 0.146. The molecule has 9 heteroatoms. The number of hydrogen-bond donors (Lipinski definition) is 0. The number of carbonyl (C=O) groups excluding carboxylic acids is 1. The molecule has 4 rings (SSSR count). The zero-order valence-electron chi connectivity index (χ0n) is 15.6. The van der Waals surface area contributed by atoms with Crippen molar-refractivity contribution in [2.45, 2.75) is 18.9 Å². The monoisotopic (exact) mass is 397 g/mol. The van der Waals surface area contributed by atoms with Crippen LogP contribution in [0.2, 0.25) is 0 Å². The fourth-order valence-corrected chi connectivity index (χ4v) is 3.34. The van der Waals surface area contributed by atoms with Gasteiger partial charge in [-0.15, -0.1) is 0 Å². The van der Waals surface area contributed by atoms with Gasteiger partial charge in [0.05, 0.1) is 30.2 Å². The number of halogens is 1. The van der Waals surface area contributed by atoms with Gasteiger partial charge in [0.25, 0.3) is 5.91 Å². The molecular formula is C20H20FN5O3. The maximum atomic E-state index is 13.2. The maximum absolute atomic E-state index is 13.2. The fraction of sp³-hybridized carbons (Fsp3) is 0.300. The molecule has 2 aromatic heterocycles. The lowest BCUT2D eigenvalue weighted by Gasteiger charge is -2.33. The molecule has 0 aliphatic carbocycles. The van der Waals surface area contributed by atoms with E-state index in [4.69, 9.17) is 9.47 Å². The molecule has 0 saturated carbocycles. The number of pyridine rings is 1. The minimum atomic E-state index is -0.917. The Morgan fingerprint density at radius 3 is 2.83 bits per heavy atom. The predicted molar refractivity (Wildman–Crippen MR) is 102 cm³/mol. The largest absolute Gasteiger partial charge is 0.472 e. The van der Waals surface area contributed by atoms with Crippen LogP contribution in [0, 0.1) is 0 Å². The van der Waals surface area contributed by atoms with Crippen molar-refractivity contribution in [1.29, 1.82) is 0 Å². The second-order valence-corrected chi connectivity index (χ2v) is 6.55. The second kappa shape index (κ2) is 8.68. The summed E-state index contributed by atoms with van der Waals surface area (Å²) in [5.41, 5.74) is 1.16. The van der Waals surface area contributed by atoms with Gasteiger partial charge in [-0.2, -0.15) is 15.0 Å². The van der Waals surface area contributed by atoms with Gasteiger partial charge in [-0.25, -0.2) is 9.37 Å². The van der Waals surface area contributed by atoms with Crippen molar-refractivity contribution in [2.24, 2.45) is 0 Å². The Bertz CT molecular complexity index is 966.